The average molecular weight is 403 g/mol. The molecule has 0 aromatic carbocycles. The fourth-order valence-corrected chi connectivity index (χ4v) is 5.83. The van der Waals surface area contributed by atoms with Gasteiger partial charge in [-0.15, -0.1) is 5.54 Å². The molecule has 0 aliphatic heterocycles. The Morgan fingerprint density at radius 3 is 2.21 bits per heavy atom. The molecule has 0 amide bonds. The molecule has 3 aliphatic carbocycles. The number of nitriles is 2. The highest BCUT2D eigenvalue weighted by Crippen LogP contribution is 2.63. The number of carbonyl (C=O) groups is 2. The van der Waals surface area contributed by atoms with Crippen LogP contribution in [0, 0.1) is 56.3 Å². The van der Waals surface area contributed by atoms with Gasteiger partial charge in [0.05, 0.1) is 16.6 Å². The minimum atomic E-state index is -1.71. The monoisotopic (exact) mass is 402 g/mol. The summed E-state index contributed by atoms with van der Waals surface area (Å²) in [5, 5.41) is 19.1. The molecule has 0 N–H and O–H groups in total. The molecule has 0 saturated heterocycles. The van der Waals surface area contributed by atoms with Gasteiger partial charge in [0.15, 0.2) is 11.6 Å². The summed E-state index contributed by atoms with van der Waals surface area (Å²) in [5.74, 6) is 2.95. The third-order valence-corrected chi connectivity index (χ3v) is 7.47. The Balaban J connectivity index is 2.32. The molecule has 4 nitrogen and oxygen atoms in total. The van der Waals surface area contributed by atoms with Gasteiger partial charge in [-0.3, -0.25) is 9.59 Å². The number of rotatable bonds is 0. The molecule has 0 bridgehead atoms. The van der Waals surface area contributed by atoms with E-state index in [2.05, 4.69) is 37.2 Å². The summed E-state index contributed by atoms with van der Waals surface area (Å²) >= 11 is 0. The zero-order valence-corrected chi connectivity index (χ0v) is 18.9. The SMILES string of the molecule is CC1(C)C(=O)C(C#N)=CC2(C)C3=CC(=O)C(C#N)=CC3(C#C[Si](C)(C)C)CCC12. The Hall–Kier alpha value is -2.68. The van der Waals surface area contributed by atoms with Crippen molar-refractivity contribution in [3.8, 4) is 23.6 Å². The van der Waals surface area contributed by atoms with Crippen molar-refractivity contribution in [1.82, 2.24) is 0 Å². The lowest BCUT2D eigenvalue weighted by molar-refractivity contribution is -0.130. The maximum atomic E-state index is 12.9. The maximum Gasteiger partial charge on any atom is 0.196 e. The number of hydrogen-bond acceptors (Lipinski definition) is 4. The standard InChI is InChI=1S/C24H26N2O2Si/c1-22(2)19-7-8-24(9-10-29(4,5)6)13-16(14-25)18(27)11-20(24)23(19,3)12-17(15-26)21(22)28/h11-13,19H,7-8H2,1-6H3. The van der Waals surface area contributed by atoms with E-state index in [-0.39, 0.29) is 28.6 Å². The van der Waals surface area contributed by atoms with Crippen molar-refractivity contribution >= 4 is 19.6 Å². The first-order chi connectivity index (χ1) is 13.3. The molecule has 3 atom stereocenters. The van der Waals surface area contributed by atoms with Crippen LogP contribution in [0.5, 0.6) is 0 Å². The molecular formula is C24H26N2O2Si. The van der Waals surface area contributed by atoms with Crippen LogP contribution in [-0.2, 0) is 9.59 Å². The van der Waals surface area contributed by atoms with E-state index in [9.17, 15) is 20.1 Å². The van der Waals surface area contributed by atoms with Crippen LogP contribution >= 0.6 is 0 Å². The Bertz CT molecular complexity index is 1060. The molecule has 1 fully saturated rings. The Kier molecular flexibility index (Phi) is 4.65. The van der Waals surface area contributed by atoms with Crippen LogP contribution in [0.3, 0.4) is 0 Å². The molecule has 3 aliphatic rings. The minimum Gasteiger partial charge on any atom is -0.293 e. The van der Waals surface area contributed by atoms with E-state index in [0.717, 1.165) is 12.0 Å². The summed E-state index contributed by atoms with van der Waals surface area (Å²) in [6.07, 6.45) is 6.43. The molecule has 0 radical (unpaired) electrons. The van der Waals surface area contributed by atoms with Crippen molar-refractivity contribution in [2.75, 3.05) is 0 Å². The van der Waals surface area contributed by atoms with Crippen molar-refractivity contribution < 1.29 is 9.59 Å². The van der Waals surface area contributed by atoms with E-state index < -0.39 is 24.3 Å². The van der Waals surface area contributed by atoms with Crippen molar-refractivity contribution in [3.63, 3.8) is 0 Å². The van der Waals surface area contributed by atoms with Crippen LogP contribution in [0.2, 0.25) is 19.6 Å². The lowest BCUT2D eigenvalue weighted by atomic mass is 9.45. The smallest absolute Gasteiger partial charge is 0.196 e. The van der Waals surface area contributed by atoms with Gasteiger partial charge in [-0.25, -0.2) is 0 Å². The largest absolute Gasteiger partial charge is 0.293 e. The third-order valence-electron chi connectivity index (χ3n) is 6.59. The summed E-state index contributed by atoms with van der Waals surface area (Å²) in [6, 6.07) is 4.09. The summed E-state index contributed by atoms with van der Waals surface area (Å²) < 4.78 is 0. The van der Waals surface area contributed by atoms with Gasteiger partial charge in [0, 0.05) is 10.8 Å². The number of Topliss-reactive ketones (excluding diaryl/α,β-unsaturated/α-hetero) is 1. The van der Waals surface area contributed by atoms with Crippen LogP contribution in [-0.4, -0.2) is 19.6 Å². The molecule has 0 aromatic rings. The van der Waals surface area contributed by atoms with Gasteiger partial charge in [0.2, 0.25) is 0 Å². The van der Waals surface area contributed by atoms with Crippen LogP contribution in [0.15, 0.2) is 34.9 Å². The van der Waals surface area contributed by atoms with E-state index in [4.69, 9.17) is 0 Å². The molecule has 29 heavy (non-hydrogen) atoms. The molecule has 0 heterocycles. The highest BCUT2D eigenvalue weighted by Gasteiger charge is 2.59. The lowest BCUT2D eigenvalue weighted by Crippen LogP contribution is -2.53. The molecule has 148 valence electrons. The Morgan fingerprint density at radius 1 is 1.03 bits per heavy atom. The van der Waals surface area contributed by atoms with Gasteiger partial charge in [-0.05, 0) is 36.5 Å². The Labute approximate surface area is 174 Å². The number of ketones is 2. The number of carbonyl (C=O) groups excluding carboxylic acids is 2. The number of nitrogens with zero attached hydrogens (tertiary/aromatic N) is 2. The van der Waals surface area contributed by atoms with E-state index in [0.29, 0.717) is 6.42 Å². The van der Waals surface area contributed by atoms with Gasteiger partial charge in [-0.1, -0.05) is 52.4 Å². The first-order valence-corrected chi connectivity index (χ1v) is 13.4. The molecule has 5 heteroatoms. The van der Waals surface area contributed by atoms with Gasteiger partial charge in [0.25, 0.3) is 0 Å². The summed E-state index contributed by atoms with van der Waals surface area (Å²) in [7, 11) is -1.71. The quantitative estimate of drug-likeness (QED) is 0.447. The first-order valence-electron chi connectivity index (χ1n) is 9.93. The van der Waals surface area contributed by atoms with E-state index in [1.807, 2.05) is 26.8 Å². The Morgan fingerprint density at radius 2 is 1.66 bits per heavy atom. The van der Waals surface area contributed by atoms with Gasteiger partial charge < -0.3 is 0 Å². The second kappa shape index (κ2) is 6.41. The van der Waals surface area contributed by atoms with Crippen molar-refractivity contribution in [2.45, 2.75) is 53.3 Å². The zero-order chi connectivity index (χ0) is 21.8. The summed E-state index contributed by atoms with van der Waals surface area (Å²) in [6.45, 7) is 12.3. The fourth-order valence-electron chi connectivity index (χ4n) is 5.23. The maximum absolute atomic E-state index is 12.9. The highest BCUT2D eigenvalue weighted by atomic mass is 28.3. The number of fused-ring (bicyclic) bond motifs is 3. The molecule has 0 aromatic heterocycles. The normalized spacial score (nSPS) is 32.8. The van der Waals surface area contributed by atoms with E-state index >= 15 is 0 Å². The fraction of sp³-hybridized carbons (Fsp3) is 0.500. The topological polar surface area (TPSA) is 81.7 Å². The predicted octanol–water partition coefficient (Wildman–Crippen LogP) is 4.29. The second-order valence-electron chi connectivity index (χ2n) is 10.2. The van der Waals surface area contributed by atoms with Crippen LogP contribution in [0.1, 0.15) is 33.6 Å². The summed E-state index contributed by atoms with van der Waals surface area (Å²) in [5.41, 5.74) is 2.45. The van der Waals surface area contributed by atoms with E-state index in [1.54, 1.807) is 18.2 Å². The van der Waals surface area contributed by atoms with Crippen molar-refractivity contribution in [2.24, 2.45) is 22.2 Å². The van der Waals surface area contributed by atoms with Crippen LogP contribution in [0.4, 0.5) is 0 Å². The molecule has 1 saturated carbocycles. The summed E-state index contributed by atoms with van der Waals surface area (Å²) in [4.78, 5) is 25.5. The highest BCUT2D eigenvalue weighted by molar-refractivity contribution is 6.83. The van der Waals surface area contributed by atoms with E-state index in [1.165, 1.54) is 0 Å². The van der Waals surface area contributed by atoms with Crippen molar-refractivity contribution in [3.05, 3.63) is 34.9 Å². The first kappa shape index (κ1) is 21.0. The van der Waals surface area contributed by atoms with Gasteiger partial charge in [-0.2, -0.15) is 10.5 Å². The number of hydrogen-bond donors (Lipinski definition) is 0. The molecule has 3 unspecified atom stereocenters. The minimum absolute atomic E-state index is 0.0440. The van der Waals surface area contributed by atoms with Crippen molar-refractivity contribution in [1.29, 1.82) is 10.5 Å². The van der Waals surface area contributed by atoms with Gasteiger partial charge >= 0.3 is 0 Å². The lowest BCUT2D eigenvalue weighted by Gasteiger charge is -2.56. The van der Waals surface area contributed by atoms with Gasteiger partial charge in [0.1, 0.15) is 20.2 Å². The predicted molar refractivity (Wildman–Crippen MR) is 114 cm³/mol. The third kappa shape index (κ3) is 3.13. The molecule has 3 rings (SSSR count). The van der Waals surface area contributed by atoms with Crippen LogP contribution < -0.4 is 0 Å². The molecule has 0 spiro atoms. The zero-order valence-electron chi connectivity index (χ0n) is 17.9. The number of allylic oxidation sites excluding steroid dienone is 6. The molecular weight excluding hydrogens is 376 g/mol. The second-order valence-corrected chi connectivity index (χ2v) is 14.9. The average Bonchev–Trinajstić information content (AvgIpc) is 2.63. The van der Waals surface area contributed by atoms with Crippen LogP contribution in [0.25, 0.3) is 0 Å².